The molecule has 1 aliphatic rings. The van der Waals surface area contributed by atoms with Crippen LogP contribution >= 0.6 is 11.6 Å². The third-order valence-corrected chi connectivity index (χ3v) is 5.02. The van der Waals surface area contributed by atoms with Crippen molar-refractivity contribution in [2.24, 2.45) is 0 Å². The molecule has 0 atom stereocenters. The van der Waals surface area contributed by atoms with Gasteiger partial charge in [-0.15, -0.1) is 0 Å². The van der Waals surface area contributed by atoms with Crippen LogP contribution in [-0.2, 0) is 6.54 Å². The third kappa shape index (κ3) is 4.51. The number of pyridine rings is 1. The van der Waals surface area contributed by atoms with Crippen LogP contribution in [0.2, 0.25) is 5.02 Å². The summed E-state index contributed by atoms with van der Waals surface area (Å²) in [6.45, 7) is 6.25. The monoisotopic (exact) mass is 394 g/mol. The molecule has 1 aromatic carbocycles. The molecule has 1 saturated heterocycles. The summed E-state index contributed by atoms with van der Waals surface area (Å²) in [5.41, 5.74) is 2.11. The molecule has 0 spiro atoms. The maximum absolute atomic E-state index is 5.95. The lowest BCUT2D eigenvalue weighted by Gasteiger charge is -2.35. The summed E-state index contributed by atoms with van der Waals surface area (Å²) in [4.78, 5) is 18.4. The molecule has 1 fully saturated rings. The maximum atomic E-state index is 5.95. The number of aromatic nitrogens is 3. The number of nitrogens with zero attached hydrogens (tertiary/aromatic N) is 5. The van der Waals surface area contributed by atoms with Gasteiger partial charge in [0.25, 0.3) is 0 Å². The van der Waals surface area contributed by atoms with Crippen LogP contribution in [0, 0.1) is 6.92 Å². The van der Waals surface area contributed by atoms with Crippen molar-refractivity contribution in [3.8, 4) is 0 Å². The van der Waals surface area contributed by atoms with Crippen LogP contribution in [0.25, 0.3) is 0 Å². The Bertz CT molecular complexity index is 908. The molecule has 0 amide bonds. The van der Waals surface area contributed by atoms with Crippen molar-refractivity contribution in [3.05, 3.63) is 71.0 Å². The van der Waals surface area contributed by atoms with E-state index in [1.807, 2.05) is 55.6 Å². The Hall–Kier alpha value is -2.86. The van der Waals surface area contributed by atoms with Gasteiger partial charge in [0.2, 0.25) is 5.95 Å². The molecule has 0 saturated carbocycles. The summed E-state index contributed by atoms with van der Waals surface area (Å²) in [5.74, 6) is 2.64. The van der Waals surface area contributed by atoms with E-state index < -0.39 is 0 Å². The highest BCUT2D eigenvalue weighted by Gasteiger charge is 2.20. The quantitative estimate of drug-likeness (QED) is 0.710. The van der Waals surface area contributed by atoms with Crippen molar-refractivity contribution in [1.29, 1.82) is 0 Å². The molecule has 2 aromatic heterocycles. The van der Waals surface area contributed by atoms with Gasteiger partial charge in [-0.3, -0.25) is 0 Å². The second-order valence-corrected chi connectivity index (χ2v) is 7.27. The maximum Gasteiger partial charge on any atom is 0.227 e. The minimum absolute atomic E-state index is 0.695. The van der Waals surface area contributed by atoms with Crippen molar-refractivity contribution in [1.82, 2.24) is 15.0 Å². The van der Waals surface area contributed by atoms with Crippen LogP contribution in [-0.4, -0.2) is 41.1 Å². The van der Waals surface area contributed by atoms with Gasteiger partial charge in [0, 0.05) is 55.7 Å². The molecule has 144 valence electrons. The Morgan fingerprint density at radius 2 is 1.71 bits per heavy atom. The van der Waals surface area contributed by atoms with E-state index in [0.29, 0.717) is 6.54 Å². The molecule has 0 radical (unpaired) electrons. The van der Waals surface area contributed by atoms with E-state index in [4.69, 9.17) is 16.6 Å². The number of hydrogen-bond acceptors (Lipinski definition) is 6. The van der Waals surface area contributed by atoms with E-state index in [1.54, 1.807) is 0 Å². The number of rotatable bonds is 5. The van der Waals surface area contributed by atoms with Crippen molar-refractivity contribution in [2.75, 3.05) is 41.3 Å². The molecule has 6 nitrogen and oxygen atoms in total. The molecular formula is C21H23ClN6. The summed E-state index contributed by atoms with van der Waals surface area (Å²) in [6.07, 6.45) is 1.84. The fourth-order valence-electron chi connectivity index (χ4n) is 3.26. The van der Waals surface area contributed by atoms with Gasteiger partial charge in [0.1, 0.15) is 11.6 Å². The first kappa shape index (κ1) is 18.5. The molecular weight excluding hydrogens is 372 g/mol. The van der Waals surface area contributed by atoms with Crippen LogP contribution in [0.3, 0.4) is 0 Å². The van der Waals surface area contributed by atoms with Gasteiger partial charge < -0.3 is 15.1 Å². The molecule has 0 unspecified atom stereocenters. The Balaban J connectivity index is 1.40. The molecule has 1 aliphatic heterocycles. The van der Waals surface area contributed by atoms with Crippen molar-refractivity contribution < 1.29 is 0 Å². The first-order valence-electron chi connectivity index (χ1n) is 9.42. The second kappa shape index (κ2) is 8.44. The van der Waals surface area contributed by atoms with Crippen molar-refractivity contribution in [2.45, 2.75) is 13.5 Å². The van der Waals surface area contributed by atoms with Crippen LogP contribution in [0.4, 0.5) is 17.6 Å². The minimum atomic E-state index is 0.695. The van der Waals surface area contributed by atoms with Gasteiger partial charge in [-0.1, -0.05) is 29.8 Å². The standard InChI is InChI=1S/C21H23ClN6/c1-16-14-19(24-15-17-5-7-18(22)8-6-17)26-21(25-16)28-12-10-27(11-13-28)20-4-2-3-9-23-20/h2-9,14H,10-13,15H2,1H3,(H,24,25,26). The number of piperazine rings is 1. The molecule has 28 heavy (non-hydrogen) atoms. The Morgan fingerprint density at radius 1 is 0.964 bits per heavy atom. The molecule has 1 N–H and O–H groups in total. The number of nitrogens with one attached hydrogen (secondary N) is 1. The second-order valence-electron chi connectivity index (χ2n) is 6.84. The predicted octanol–water partition coefficient (Wildman–Crippen LogP) is 3.77. The highest BCUT2D eigenvalue weighted by Crippen LogP contribution is 2.19. The summed E-state index contributed by atoms with van der Waals surface area (Å²) in [6, 6.07) is 15.8. The largest absolute Gasteiger partial charge is 0.366 e. The van der Waals surface area contributed by atoms with Gasteiger partial charge in [0.15, 0.2) is 0 Å². The lowest BCUT2D eigenvalue weighted by molar-refractivity contribution is 0.634. The number of anilines is 3. The van der Waals surface area contributed by atoms with Gasteiger partial charge in [0.05, 0.1) is 0 Å². The summed E-state index contributed by atoms with van der Waals surface area (Å²) in [7, 11) is 0. The van der Waals surface area contributed by atoms with Gasteiger partial charge in [-0.05, 0) is 36.8 Å². The number of halogens is 1. The Labute approximate surface area is 170 Å². The SMILES string of the molecule is Cc1cc(NCc2ccc(Cl)cc2)nc(N2CCN(c3ccccn3)CC2)n1. The van der Waals surface area contributed by atoms with Crippen LogP contribution < -0.4 is 15.1 Å². The van der Waals surface area contributed by atoms with Crippen LogP contribution in [0.5, 0.6) is 0 Å². The van der Waals surface area contributed by atoms with Crippen molar-refractivity contribution in [3.63, 3.8) is 0 Å². The van der Waals surface area contributed by atoms with Gasteiger partial charge >= 0.3 is 0 Å². The zero-order valence-corrected chi connectivity index (χ0v) is 16.6. The first-order chi connectivity index (χ1) is 13.7. The Kier molecular flexibility index (Phi) is 5.58. The van der Waals surface area contributed by atoms with E-state index in [2.05, 4.69) is 31.2 Å². The first-order valence-corrected chi connectivity index (χ1v) is 9.80. The average Bonchev–Trinajstić information content (AvgIpc) is 2.74. The summed E-state index contributed by atoms with van der Waals surface area (Å²) >= 11 is 5.95. The molecule has 4 rings (SSSR count). The van der Waals surface area contributed by atoms with E-state index in [9.17, 15) is 0 Å². The minimum Gasteiger partial charge on any atom is -0.366 e. The van der Waals surface area contributed by atoms with Crippen LogP contribution in [0.15, 0.2) is 54.7 Å². The molecule has 3 heterocycles. The van der Waals surface area contributed by atoms with Crippen molar-refractivity contribution >= 4 is 29.2 Å². The topological polar surface area (TPSA) is 57.2 Å². The molecule has 7 heteroatoms. The third-order valence-electron chi connectivity index (χ3n) is 4.77. The van der Waals surface area contributed by atoms with E-state index >= 15 is 0 Å². The van der Waals surface area contributed by atoms with Crippen LogP contribution in [0.1, 0.15) is 11.3 Å². The fraction of sp³-hybridized carbons (Fsp3) is 0.286. The number of hydrogen-bond donors (Lipinski definition) is 1. The zero-order valence-electron chi connectivity index (χ0n) is 15.8. The van der Waals surface area contributed by atoms with Gasteiger partial charge in [-0.25, -0.2) is 9.97 Å². The molecule has 3 aromatic rings. The number of aryl methyl sites for hydroxylation is 1. The summed E-state index contributed by atoms with van der Waals surface area (Å²) in [5, 5.41) is 4.14. The normalized spacial score (nSPS) is 14.2. The lowest BCUT2D eigenvalue weighted by atomic mass is 10.2. The lowest BCUT2D eigenvalue weighted by Crippen LogP contribution is -2.47. The Morgan fingerprint density at radius 3 is 2.43 bits per heavy atom. The van der Waals surface area contributed by atoms with E-state index in [1.165, 1.54) is 0 Å². The van der Waals surface area contributed by atoms with E-state index in [-0.39, 0.29) is 0 Å². The average molecular weight is 395 g/mol. The zero-order chi connectivity index (χ0) is 19.3. The molecule has 0 bridgehead atoms. The predicted molar refractivity (Wildman–Crippen MR) is 114 cm³/mol. The number of benzene rings is 1. The van der Waals surface area contributed by atoms with E-state index in [0.717, 1.165) is 60.0 Å². The van der Waals surface area contributed by atoms with Gasteiger partial charge in [-0.2, -0.15) is 4.98 Å². The summed E-state index contributed by atoms with van der Waals surface area (Å²) < 4.78 is 0. The highest BCUT2D eigenvalue weighted by atomic mass is 35.5. The fourth-order valence-corrected chi connectivity index (χ4v) is 3.38. The smallest absolute Gasteiger partial charge is 0.227 e. The molecule has 0 aliphatic carbocycles. The highest BCUT2D eigenvalue weighted by molar-refractivity contribution is 6.30.